The predicted octanol–water partition coefficient (Wildman–Crippen LogP) is 3.86. The van der Waals surface area contributed by atoms with Crippen LogP contribution in [0.1, 0.15) is 61.9 Å². The molecular formula is C19H27N3O. The van der Waals surface area contributed by atoms with Crippen molar-refractivity contribution in [3.8, 4) is 0 Å². The standard InChI is InChI=1S/C19H27N3O/c1-5-16-12-18(8-7-14(16)3)17(11-15(4)23)9-10-19-13-22(6-2)21-20-19/h7-8,12-13,17H,5-6,9-11H2,1-4H3. The molecule has 1 atom stereocenters. The van der Waals surface area contributed by atoms with Crippen LogP contribution in [0, 0.1) is 6.92 Å². The van der Waals surface area contributed by atoms with Crippen molar-refractivity contribution in [2.45, 2.75) is 65.8 Å². The Morgan fingerprint density at radius 3 is 2.70 bits per heavy atom. The summed E-state index contributed by atoms with van der Waals surface area (Å²) in [5, 5.41) is 8.29. The number of Topliss-reactive ketones (excluding diaryl/α,β-unsaturated/α-hetero) is 1. The summed E-state index contributed by atoms with van der Waals surface area (Å²) in [6.45, 7) is 8.88. The summed E-state index contributed by atoms with van der Waals surface area (Å²) in [5.74, 6) is 0.496. The molecule has 0 saturated carbocycles. The number of ketones is 1. The molecule has 0 aliphatic rings. The summed E-state index contributed by atoms with van der Waals surface area (Å²) in [7, 11) is 0. The normalized spacial score (nSPS) is 12.3. The Morgan fingerprint density at radius 1 is 1.30 bits per heavy atom. The molecule has 0 N–H and O–H groups in total. The molecule has 0 aliphatic carbocycles. The zero-order valence-corrected chi connectivity index (χ0v) is 14.7. The van der Waals surface area contributed by atoms with Crippen molar-refractivity contribution in [3.05, 3.63) is 46.8 Å². The molecular weight excluding hydrogens is 286 g/mol. The van der Waals surface area contributed by atoms with Gasteiger partial charge < -0.3 is 4.79 Å². The van der Waals surface area contributed by atoms with E-state index in [9.17, 15) is 4.79 Å². The van der Waals surface area contributed by atoms with Crippen LogP contribution in [-0.2, 0) is 24.2 Å². The van der Waals surface area contributed by atoms with Gasteiger partial charge in [-0.2, -0.15) is 0 Å². The second-order valence-electron chi connectivity index (χ2n) is 6.25. The Morgan fingerprint density at radius 2 is 2.09 bits per heavy atom. The quantitative estimate of drug-likeness (QED) is 0.743. The van der Waals surface area contributed by atoms with E-state index in [1.165, 1.54) is 16.7 Å². The highest BCUT2D eigenvalue weighted by atomic mass is 16.1. The average Bonchev–Trinajstić information content (AvgIpc) is 2.99. The third kappa shape index (κ3) is 4.75. The number of hydrogen-bond donors (Lipinski definition) is 0. The molecule has 0 bridgehead atoms. The number of carbonyl (C=O) groups excluding carboxylic acids is 1. The summed E-state index contributed by atoms with van der Waals surface area (Å²) in [5.41, 5.74) is 4.96. The Bertz CT molecular complexity index is 660. The summed E-state index contributed by atoms with van der Waals surface area (Å²) >= 11 is 0. The van der Waals surface area contributed by atoms with Crippen LogP contribution in [0.25, 0.3) is 0 Å². The van der Waals surface area contributed by atoms with E-state index >= 15 is 0 Å². The molecule has 0 spiro atoms. The van der Waals surface area contributed by atoms with E-state index in [1.807, 2.05) is 10.9 Å². The monoisotopic (exact) mass is 313 g/mol. The zero-order chi connectivity index (χ0) is 16.8. The summed E-state index contributed by atoms with van der Waals surface area (Å²) < 4.78 is 1.84. The largest absolute Gasteiger partial charge is 0.300 e. The molecule has 2 rings (SSSR count). The Hall–Kier alpha value is -1.97. The smallest absolute Gasteiger partial charge is 0.130 e. The zero-order valence-electron chi connectivity index (χ0n) is 14.7. The van der Waals surface area contributed by atoms with Gasteiger partial charge in [0.1, 0.15) is 5.78 Å². The molecule has 1 aromatic heterocycles. The first kappa shape index (κ1) is 17.4. The van der Waals surface area contributed by atoms with Gasteiger partial charge in [0.25, 0.3) is 0 Å². The van der Waals surface area contributed by atoms with Crippen LogP contribution in [-0.4, -0.2) is 20.8 Å². The molecule has 0 aliphatic heterocycles. The molecule has 124 valence electrons. The topological polar surface area (TPSA) is 47.8 Å². The highest BCUT2D eigenvalue weighted by Gasteiger charge is 2.16. The van der Waals surface area contributed by atoms with Crippen LogP contribution in [0.5, 0.6) is 0 Å². The summed E-state index contributed by atoms with van der Waals surface area (Å²) in [4.78, 5) is 11.7. The lowest BCUT2D eigenvalue weighted by Crippen LogP contribution is -2.07. The van der Waals surface area contributed by atoms with Crippen molar-refractivity contribution < 1.29 is 4.79 Å². The average molecular weight is 313 g/mol. The number of aryl methyl sites for hydroxylation is 4. The van der Waals surface area contributed by atoms with Gasteiger partial charge in [-0.05, 0) is 62.6 Å². The van der Waals surface area contributed by atoms with Crippen LogP contribution in [0.4, 0.5) is 0 Å². The first-order valence-corrected chi connectivity index (χ1v) is 8.51. The Balaban J connectivity index is 2.14. The van der Waals surface area contributed by atoms with E-state index in [0.29, 0.717) is 6.42 Å². The van der Waals surface area contributed by atoms with Gasteiger partial charge in [-0.1, -0.05) is 30.3 Å². The maximum absolute atomic E-state index is 11.7. The van der Waals surface area contributed by atoms with Crippen molar-refractivity contribution in [2.24, 2.45) is 0 Å². The number of nitrogens with zero attached hydrogens (tertiary/aromatic N) is 3. The first-order chi connectivity index (χ1) is 11.0. The SMILES string of the molecule is CCc1cc(C(CCc2cn(CC)nn2)CC(C)=O)ccc1C. The molecule has 2 aromatic rings. The Labute approximate surface area is 138 Å². The highest BCUT2D eigenvalue weighted by molar-refractivity contribution is 5.76. The van der Waals surface area contributed by atoms with Crippen molar-refractivity contribution in [2.75, 3.05) is 0 Å². The van der Waals surface area contributed by atoms with Gasteiger partial charge >= 0.3 is 0 Å². The fourth-order valence-electron chi connectivity index (χ4n) is 2.99. The molecule has 1 unspecified atom stereocenters. The van der Waals surface area contributed by atoms with Crippen molar-refractivity contribution in [3.63, 3.8) is 0 Å². The molecule has 1 aromatic carbocycles. The summed E-state index contributed by atoms with van der Waals surface area (Å²) in [6, 6.07) is 6.62. The molecule has 0 fully saturated rings. The molecule has 4 nitrogen and oxygen atoms in total. The van der Waals surface area contributed by atoms with Gasteiger partial charge in [0, 0.05) is 19.2 Å². The lowest BCUT2D eigenvalue weighted by molar-refractivity contribution is -0.117. The lowest BCUT2D eigenvalue weighted by Gasteiger charge is -2.17. The van der Waals surface area contributed by atoms with Crippen molar-refractivity contribution >= 4 is 5.78 Å². The van der Waals surface area contributed by atoms with Crippen LogP contribution in [0.3, 0.4) is 0 Å². The predicted molar refractivity (Wildman–Crippen MR) is 92.6 cm³/mol. The van der Waals surface area contributed by atoms with Gasteiger partial charge in [0.15, 0.2) is 0 Å². The number of hydrogen-bond acceptors (Lipinski definition) is 3. The minimum absolute atomic E-state index is 0.242. The number of carbonyl (C=O) groups is 1. The first-order valence-electron chi connectivity index (χ1n) is 8.51. The van der Waals surface area contributed by atoms with Crippen LogP contribution >= 0.6 is 0 Å². The van der Waals surface area contributed by atoms with Crippen molar-refractivity contribution in [1.82, 2.24) is 15.0 Å². The molecule has 0 radical (unpaired) electrons. The number of benzene rings is 1. The maximum atomic E-state index is 11.7. The van der Waals surface area contributed by atoms with Gasteiger partial charge in [-0.15, -0.1) is 5.10 Å². The van der Waals surface area contributed by atoms with Crippen LogP contribution in [0.15, 0.2) is 24.4 Å². The second-order valence-corrected chi connectivity index (χ2v) is 6.25. The molecule has 0 amide bonds. The molecule has 0 saturated heterocycles. The van der Waals surface area contributed by atoms with E-state index in [2.05, 4.69) is 49.3 Å². The molecule has 23 heavy (non-hydrogen) atoms. The van der Waals surface area contributed by atoms with Crippen LogP contribution < -0.4 is 0 Å². The second kappa shape index (κ2) is 8.04. The fourth-order valence-corrected chi connectivity index (χ4v) is 2.99. The Kier molecular flexibility index (Phi) is 6.08. The van der Waals surface area contributed by atoms with E-state index in [4.69, 9.17) is 0 Å². The van der Waals surface area contributed by atoms with Gasteiger partial charge in [-0.25, -0.2) is 0 Å². The van der Waals surface area contributed by atoms with Gasteiger partial charge in [-0.3, -0.25) is 4.68 Å². The highest BCUT2D eigenvalue weighted by Crippen LogP contribution is 2.27. The lowest BCUT2D eigenvalue weighted by atomic mass is 9.87. The van der Waals surface area contributed by atoms with Gasteiger partial charge in [0.05, 0.1) is 5.69 Å². The van der Waals surface area contributed by atoms with E-state index < -0.39 is 0 Å². The van der Waals surface area contributed by atoms with E-state index in [1.54, 1.807) is 6.92 Å². The van der Waals surface area contributed by atoms with E-state index in [0.717, 1.165) is 31.5 Å². The third-order valence-corrected chi connectivity index (χ3v) is 4.42. The fraction of sp³-hybridized carbons (Fsp3) is 0.526. The minimum Gasteiger partial charge on any atom is -0.300 e. The third-order valence-electron chi connectivity index (χ3n) is 4.42. The number of aromatic nitrogens is 3. The van der Waals surface area contributed by atoms with Gasteiger partial charge in [0.2, 0.25) is 0 Å². The van der Waals surface area contributed by atoms with E-state index in [-0.39, 0.29) is 11.7 Å². The maximum Gasteiger partial charge on any atom is 0.130 e. The summed E-state index contributed by atoms with van der Waals surface area (Å²) in [6.07, 6.45) is 5.39. The number of rotatable bonds is 8. The minimum atomic E-state index is 0.242. The molecule has 4 heteroatoms. The van der Waals surface area contributed by atoms with Crippen LogP contribution in [0.2, 0.25) is 0 Å². The van der Waals surface area contributed by atoms with Crippen molar-refractivity contribution in [1.29, 1.82) is 0 Å². The molecule has 1 heterocycles.